The fraction of sp³-hybridized carbons (Fsp3) is 0.684. The lowest BCUT2D eigenvalue weighted by Gasteiger charge is -2.28. The van der Waals surface area contributed by atoms with E-state index >= 15 is 0 Å². The van der Waals surface area contributed by atoms with Gasteiger partial charge in [0.25, 0.3) is 7.82 Å². The first kappa shape index (κ1) is 63.9. The standard InChI is InChI=1S/C57H98NO8P/c1-6-8-10-12-14-16-18-20-22-23-24-25-26-27-28-29-30-31-32-33-34-35-36-38-40-42-44-46-48-50-57(60)66-55(54-65-67(61,62)64-52-51-58(3,4)5)53-63-56(59)49-47-45-43-41-39-37-21-19-17-15-13-11-9-7-2/h8,10,13-16,19-22,24-25,27-28,30-31,55H,6-7,9,11-12,17-18,23,26,29,32-54H2,1-5H3/b10-8-,15-13-,16-14-,21-19-,22-20-,25-24-,28-27-,31-30-. The van der Waals surface area contributed by atoms with Crippen LogP contribution in [-0.2, 0) is 32.7 Å². The molecule has 67 heavy (non-hydrogen) atoms. The summed E-state index contributed by atoms with van der Waals surface area (Å²) < 4.78 is 34.0. The van der Waals surface area contributed by atoms with E-state index in [2.05, 4.69) is 111 Å². The molecular weight excluding hydrogens is 858 g/mol. The average Bonchev–Trinajstić information content (AvgIpc) is 3.29. The normalized spacial score (nSPS) is 14.2. The molecule has 0 aliphatic carbocycles. The van der Waals surface area contributed by atoms with Crippen molar-refractivity contribution in [2.75, 3.05) is 47.5 Å². The Hall–Kier alpha value is -3.07. The Labute approximate surface area is 411 Å². The molecule has 2 unspecified atom stereocenters. The van der Waals surface area contributed by atoms with Crippen LogP contribution in [0, 0.1) is 0 Å². The second kappa shape index (κ2) is 48.0. The van der Waals surface area contributed by atoms with Crippen LogP contribution in [0.1, 0.15) is 200 Å². The minimum Gasteiger partial charge on any atom is -0.756 e. The molecule has 0 aromatic rings. The maximum Gasteiger partial charge on any atom is 0.306 e. The Morgan fingerprint density at radius 3 is 1.27 bits per heavy atom. The van der Waals surface area contributed by atoms with Gasteiger partial charge in [0.05, 0.1) is 27.7 Å². The van der Waals surface area contributed by atoms with E-state index in [1.165, 1.54) is 51.4 Å². The zero-order valence-electron chi connectivity index (χ0n) is 43.3. The molecule has 10 heteroatoms. The Morgan fingerprint density at radius 2 is 0.851 bits per heavy atom. The van der Waals surface area contributed by atoms with E-state index in [9.17, 15) is 19.0 Å². The van der Waals surface area contributed by atoms with Crippen molar-refractivity contribution in [3.8, 4) is 0 Å². The van der Waals surface area contributed by atoms with E-state index in [-0.39, 0.29) is 26.1 Å². The zero-order valence-corrected chi connectivity index (χ0v) is 44.2. The van der Waals surface area contributed by atoms with Crippen LogP contribution in [-0.4, -0.2) is 70.0 Å². The molecule has 0 aromatic carbocycles. The Morgan fingerprint density at radius 1 is 0.478 bits per heavy atom. The lowest BCUT2D eigenvalue weighted by atomic mass is 10.0. The molecule has 0 N–H and O–H groups in total. The number of allylic oxidation sites excluding steroid dienone is 16. The number of phosphoric acid groups is 1. The number of phosphoric ester groups is 1. The van der Waals surface area contributed by atoms with E-state index in [0.717, 1.165) is 109 Å². The van der Waals surface area contributed by atoms with Gasteiger partial charge in [-0.1, -0.05) is 195 Å². The molecule has 0 saturated carbocycles. The minimum absolute atomic E-state index is 0.0388. The Balaban J connectivity index is 4.21. The first-order valence-electron chi connectivity index (χ1n) is 26.4. The highest BCUT2D eigenvalue weighted by Crippen LogP contribution is 2.38. The molecule has 0 rings (SSSR count). The quantitative estimate of drug-likeness (QED) is 0.0195. The summed E-state index contributed by atoms with van der Waals surface area (Å²) in [5, 5.41) is 0. The number of quaternary nitrogens is 1. The van der Waals surface area contributed by atoms with Crippen molar-refractivity contribution in [3.05, 3.63) is 97.2 Å². The number of carbonyl (C=O) groups excluding carboxylic acids is 2. The van der Waals surface area contributed by atoms with E-state index in [1.807, 2.05) is 21.1 Å². The predicted octanol–water partition coefficient (Wildman–Crippen LogP) is 15.5. The van der Waals surface area contributed by atoms with Crippen LogP contribution in [0.15, 0.2) is 97.2 Å². The molecule has 0 aromatic heterocycles. The summed E-state index contributed by atoms with van der Waals surface area (Å²) in [4.78, 5) is 37.7. The van der Waals surface area contributed by atoms with Gasteiger partial charge < -0.3 is 27.9 Å². The molecule has 9 nitrogen and oxygen atoms in total. The average molecular weight is 956 g/mol. The molecule has 0 bridgehead atoms. The summed E-state index contributed by atoms with van der Waals surface area (Å²) in [6.07, 6.45) is 64.4. The number of unbranched alkanes of at least 4 members (excludes halogenated alkanes) is 17. The number of carbonyl (C=O) groups is 2. The lowest BCUT2D eigenvalue weighted by molar-refractivity contribution is -0.870. The van der Waals surface area contributed by atoms with E-state index in [1.54, 1.807) is 0 Å². The Kier molecular flexibility index (Phi) is 45.8. The number of hydrogen-bond donors (Lipinski definition) is 0. The summed E-state index contributed by atoms with van der Waals surface area (Å²) in [6.45, 7) is 4.04. The van der Waals surface area contributed by atoms with Gasteiger partial charge in [0.1, 0.15) is 19.8 Å². The maximum absolute atomic E-state index is 12.8. The van der Waals surface area contributed by atoms with Crippen LogP contribution in [0.3, 0.4) is 0 Å². The molecule has 0 aliphatic rings. The maximum atomic E-state index is 12.8. The van der Waals surface area contributed by atoms with Crippen LogP contribution in [0.4, 0.5) is 0 Å². The third-order valence-corrected chi connectivity index (χ3v) is 11.8. The van der Waals surface area contributed by atoms with Crippen LogP contribution in [0.25, 0.3) is 0 Å². The van der Waals surface area contributed by atoms with Gasteiger partial charge >= 0.3 is 11.9 Å². The minimum atomic E-state index is -4.64. The van der Waals surface area contributed by atoms with E-state index < -0.39 is 32.5 Å². The third kappa shape index (κ3) is 52.2. The molecule has 0 fully saturated rings. The highest BCUT2D eigenvalue weighted by molar-refractivity contribution is 7.45. The molecule has 0 amide bonds. The van der Waals surface area contributed by atoms with Crippen molar-refractivity contribution in [1.29, 1.82) is 0 Å². The number of esters is 2. The van der Waals surface area contributed by atoms with E-state index in [4.69, 9.17) is 18.5 Å². The summed E-state index contributed by atoms with van der Waals surface area (Å²) in [7, 11) is 1.14. The van der Waals surface area contributed by atoms with Crippen molar-refractivity contribution in [2.45, 2.75) is 206 Å². The SMILES string of the molecule is CC/C=C\C/C=C\C/C=C\C/C=C\C/C=C\C/C=C\CCCCCCCCCCCCC(=O)OC(COC(=O)CCCCCCC/C=C\C/C=C\CCCC)COP(=O)([O-])OCC[N+](C)(C)C. The number of rotatable bonds is 47. The predicted molar refractivity (Wildman–Crippen MR) is 282 cm³/mol. The fourth-order valence-electron chi connectivity index (χ4n) is 6.73. The van der Waals surface area contributed by atoms with Crippen molar-refractivity contribution in [2.24, 2.45) is 0 Å². The van der Waals surface area contributed by atoms with Crippen LogP contribution in [0.2, 0.25) is 0 Å². The fourth-order valence-corrected chi connectivity index (χ4v) is 7.46. The second-order valence-corrected chi connectivity index (χ2v) is 19.9. The van der Waals surface area contributed by atoms with Gasteiger partial charge in [-0.15, -0.1) is 0 Å². The molecule has 0 aliphatic heterocycles. The lowest BCUT2D eigenvalue weighted by Crippen LogP contribution is -2.37. The van der Waals surface area contributed by atoms with Gasteiger partial charge in [0.15, 0.2) is 6.10 Å². The highest BCUT2D eigenvalue weighted by atomic mass is 31.2. The van der Waals surface area contributed by atoms with Gasteiger partial charge in [-0.25, -0.2) is 0 Å². The van der Waals surface area contributed by atoms with Crippen molar-refractivity contribution in [3.63, 3.8) is 0 Å². The molecule has 0 spiro atoms. The smallest absolute Gasteiger partial charge is 0.306 e. The second-order valence-electron chi connectivity index (χ2n) is 18.5. The topological polar surface area (TPSA) is 111 Å². The van der Waals surface area contributed by atoms with Gasteiger partial charge in [-0.05, 0) is 89.9 Å². The van der Waals surface area contributed by atoms with Gasteiger partial charge in [0, 0.05) is 12.8 Å². The summed E-state index contributed by atoms with van der Waals surface area (Å²) >= 11 is 0. The highest BCUT2D eigenvalue weighted by Gasteiger charge is 2.21. The largest absolute Gasteiger partial charge is 0.756 e. The van der Waals surface area contributed by atoms with Crippen molar-refractivity contribution in [1.82, 2.24) is 0 Å². The zero-order chi connectivity index (χ0) is 49.2. The van der Waals surface area contributed by atoms with E-state index in [0.29, 0.717) is 23.9 Å². The summed E-state index contributed by atoms with van der Waals surface area (Å²) in [5.74, 6) is -0.861. The van der Waals surface area contributed by atoms with Crippen LogP contribution < -0.4 is 4.89 Å². The van der Waals surface area contributed by atoms with Gasteiger partial charge in [0.2, 0.25) is 0 Å². The molecule has 0 heterocycles. The van der Waals surface area contributed by atoms with Crippen molar-refractivity contribution >= 4 is 19.8 Å². The Bertz CT molecular complexity index is 1450. The molecule has 384 valence electrons. The van der Waals surface area contributed by atoms with Crippen molar-refractivity contribution < 1.29 is 42.1 Å². The number of nitrogens with zero attached hydrogens (tertiary/aromatic N) is 1. The van der Waals surface area contributed by atoms with Crippen LogP contribution >= 0.6 is 7.82 Å². The molecular formula is C57H98NO8P. The summed E-state index contributed by atoms with van der Waals surface area (Å²) in [6, 6.07) is 0. The van der Waals surface area contributed by atoms with Gasteiger partial charge in [-0.3, -0.25) is 14.2 Å². The first-order chi connectivity index (χ1) is 32.5. The van der Waals surface area contributed by atoms with Gasteiger partial charge in [-0.2, -0.15) is 0 Å². The monoisotopic (exact) mass is 956 g/mol. The molecule has 0 saturated heterocycles. The number of likely N-dealkylation sites (N-methyl/N-ethyl adjacent to an activating group) is 1. The first-order valence-corrected chi connectivity index (χ1v) is 27.9. The number of ether oxygens (including phenoxy) is 2. The summed E-state index contributed by atoms with van der Waals surface area (Å²) in [5.41, 5.74) is 0. The van der Waals surface area contributed by atoms with Crippen LogP contribution in [0.5, 0.6) is 0 Å². The third-order valence-electron chi connectivity index (χ3n) is 10.8. The molecule has 2 atom stereocenters. The number of hydrogen-bond acceptors (Lipinski definition) is 8. The molecule has 0 radical (unpaired) electrons.